The Labute approximate surface area is 118 Å². The number of hydrogen-bond acceptors (Lipinski definition) is 3. The smallest absolute Gasteiger partial charge is 0.251 e. The molecule has 2 N–H and O–H groups in total. The summed E-state index contributed by atoms with van der Waals surface area (Å²) in [6.07, 6.45) is 3.60. The Morgan fingerprint density at radius 1 is 1.35 bits per heavy atom. The van der Waals surface area contributed by atoms with Gasteiger partial charge in [0, 0.05) is 12.1 Å². The lowest BCUT2D eigenvalue weighted by molar-refractivity contribution is 0.0956. The quantitative estimate of drug-likeness (QED) is 0.899. The Hall–Kier alpha value is -2.07. The zero-order chi connectivity index (χ0) is 13.9. The molecule has 3 rings (SSSR count). The van der Waals surface area contributed by atoms with Crippen molar-refractivity contribution in [3.63, 3.8) is 0 Å². The molecule has 20 heavy (non-hydrogen) atoms. The molecule has 1 aliphatic rings. The van der Waals surface area contributed by atoms with E-state index in [4.69, 9.17) is 4.42 Å². The molecule has 2 heterocycles. The highest BCUT2D eigenvalue weighted by atomic mass is 16.3. The molecule has 0 radical (unpaired) electrons. The number of aryl methyl sites for hydroxylation is 1. The van der Waals surface area contributed by atoms with Crippen molar-refractivity contribution in [1.82, 2.24) is 10.6 Å². The zero-order valence-corrected chi connectivity index (χ0v) is 11.5. The molecule has 1 aromatic carbocycles. The molecule has 1 atom stereocenters. The number of benzene rings is 1. The summed E-state index contributed by atoms with van der Waals surface area (Å²) in [5, 5.41) is 6.17. The second-order valence-corrected chi connectivity index (χ2v) is 5.01. The molecule has 0 fully saturated rings. The predicted molar refractivity (Wildman–Crippen MR) is 76.7 cm³/mol. The number of carbonyl (C=O) groups excluding carboxylic acids is 1. The topological polar surface area (TPSA) is 54.3 Å². The molecule has 4 nitrogen and oxygen atoms in total. The largest absolute Gasteiger partial charge is 0.467 e. The van der Waals surface area contributed by atoms with E-state index in [1.807, 2.05) is 25.2 Å². The highest BCUT2D eigenvalue weighted by Gasteiger charge is 2.20. The van der Waals surface area contributed by atoms with Gasteiger partial charge in [-0.2, -0.15) is 0 Å². The molecule has 1 unspecified atom stereocenters. The molecular formula is C16H18N2O2. The summed E-state index contributed by atoms with van der Waals surface area (Å²) in [5.41, 5.74) is 2.95. The van der Waals surface area contributed by atoms with Gasteiger partial charge in [-0.15, -0.1) is 0 Å². The molecule has 0 bridgehead atoms. The van der Waals surface area contributed by atoms with Crippen molar-refractivity contribution in [3.8, 4) is 0 Å². The second-order valence-electron chi connectivity index (χ2n) is 5.01. The Kier molecular flexibility index (Phi) is 3.56. The molecule has 1 aliphatic heterocycles. The van der Waals surface area contributed by atoms with Gasteiger partial charge < -0.3 is 15.1 Å². The van der Waals surface area contributed by atoms with Crippen molar-refractivity contribution in [2.75, 3.05) is 13.6 Å². The summed E-state index contributed by atoms with van der Waals surface area (Å²) in [4.78, 5) is 12.1. The third kappa shape index (κ3) is 2.34. The lowest BCUT2D eigenvalue weighted by Gasteiger charge is -2.16. The van der Waals surface area contributed by atoms with Crippen LogP contribution in [0, 0.1) is 0 Å². The van der Waals surface area contributed by atoms with Crippen LogP contribution < -0.4 is 10.6 Å². The molecular weight excluding hydrogens is 252 g/mol. The maximum absolute atomic E-state index is 12.1. The molecule has 4 heteroatoms. The van der Waals surface area contributed by atoms with Crippen LogP contribution in [0.2, 0.25) is 0 Å². The number of amides is 1. The monoisotopic (exact) mass is 270 g/mol. The average molecular weight is 270 g/mol. The Balaban J connectivity index is 2.00. The first-order valence-electron chi connectivity index (χ1n) is 6.91. The van der Waals surface area contributed by atoms with Crippen molar-refractivity contribution in [2.45, 2.75) is 18.9 Å². The second kappa shape index (κ2) is 5.51. The Morgan fingerprint density at radius 2 is 2.25 bits per heavy atom. The van der Waals surface area contributed by atoms with E-state index in [1.54, 1.807) is 6.26 Å². The van der Waals surface area contributed by atoms with Gasteiger partial charge >= 0.3 is 0 Å². The van der Waals surface area contributed by atoms with Crippen molar-refractivity contribution >= 4 is 5.91 Å². The maximum Gasteiger partial charge on any atom is 0.251 e. The van der Waals surface area contributed by atoms with Gasteiger partial charge in [0.1, 0.15) is 5.76 Å². The van der Waals surface area contributed by atoms with Gasteiger partial charge in [-0.05, 0) is 49.2 Å². The van der Waals surface area contributed by atoms with Crippen LogP contribution in [0.25, 0.3) is 0 Å². The molecule has 2 aromatic rings. The molecule has 104 valence electrons. The standard InChI is InChI=1S/C16H18N2O2/c1-17-15(14-5-3-9-20-14)12-7-6-11-4-2-8-18-16(19)13(11)10-12/h3,5-7,9-10,15,17H,2,4,8H2,1H3,(H,18,19). The van der Waals surface area contributed by atoms with Crippen LogP contribution in [0.15, 0.2) is 41.0 Å². The van der Waals surface area contributed by atoms with Gasteiger partial charge in [0.05, 0.1) is 12.3 Å². The number of furan rings is 1. The highest BCUT2D eigenvalue weighted by Crippen LogP contribution is 2.25. The van der Waals surface area contributed by atoms with E-state index in [0.717, 1.165) is 41.8 Å². The third-order valence-corrected chi connectivity index (χ3v) is 3.74. The molecule has 0 spiro atoms. The van der Waals surface area contributed by atoms with Crippen LogP contribution in [-0.2, 0) is 6.42 Å². The number of rotatable bonds is 3. The molecule has 0 saturated heterocycles. The molecule has 0 saturated carbocycles. The predicted octanol–water partition coefficient (Wildman–Crippen LogP) is 2.26. The normalized spacial score (nSPS) is 16.1. The molecule has 1 aromatic heterocycles. The third-order valence-electron chi connectivity index (χ3n) is 3.74. The molecule has 0 aliphatic carbocycles. The Bertz CT molecular complexity index is 605. The first kappa shape index (κ1) is 12.9. The first-order valence-corrected chi connectivity index (χ1v) is 6.91. The number of fused-ring (bicyclic) bond motifs is 1. The zero-order valence-electron chi connectivity index (χ0n) is 11.5. The van der Waals surface area contributed by atoms with Gasteiger partial charge in [0.25, 0.3) is 5.91 Å². The lowest BCUT2D eigenvalue weighted by Crippen LogP contribution is -2.23. The first-order chi connectivity index (χ1) is 9.79. The van der Waals surface area contributed by atoms with Crippen LogP contribution in [0.1, 0.15) is 39.7 Å². The minimum atomic E-state index is -0.0358. The highest BCUT2D eigenvalue weighted by molar-refractivity contribution is 5.96. The van der Waals surface area contributed by atoms with Gasteiger partial charge in [0.2, 0.25) is 0 Å². The van der Waals surface area contributed by atoms with Gasteiger partial charge in [0.15, 0.2) is 0 Å². The van der Waals surface area contributed by atoms with Crippen molar-refractivity contribution in [3.05, 3.63) is 59.0 Å². The summed E-state index contributed by atoms with van der Waals surface area (Å²) < 4.78 is 5.47. The lowest BCUT2D eigenvalue weighted by atomic mass is 9.96. The maximum atomic E-state index is 12.1. The van der Waals surface area contributed by atoms with Gasteiger partial charge in [-0.25, -0.2) is 0 Å². The van der Waals surface area contributed by atoms with Crippen molar-refractivity contribution in [1.29, 1.82) is 0 Å². The van der Waals surface area contributed by atoms with Crippen LogP contribution in [0.5, 0.6) is 0 Å². The minimum absolute atomic E-state index is 0.0219. The van der Waals surface area contributed by atoms with Crippen LogP contribution >= 0.6 is 0 Å². The summed E-state index contributed by atoms with van der Waals surface area (Å²) in [6, 6.07) is 9.87. The summed E-state index contributed by atoms with van der Waals surface area (Å²) >= 11 is 0. The van der Waals surface area contributed by atoms with E-state index in [2.05, 4.69) is 22.8 Å². The fourth-order valence-corrected chi connectivity index (χ4v) is 2.71. The van der Waals surface area contributed by atoms with Gasteiger partial charge in [-0.3, -0.25) is 4.79 Å². The van der Waals surface area contributed by atoms with Crippen LogP contribution in [-0.4, -0.2) is 19.5 Å². The van der Waals surface area contributed by atoms with E-state index < -0.39 is 0 Å². The van der Waals surface area contributed by atoms with E-state index in [0.29, 0.717) is 0 Å². The summed E-state index contributed by atoms with van der Waals surface area (Å²) in [7, 11) is 1.89. The number of nitrogens with one attached hydrogen (secondary N) is 2. The minimum Gasteiger partial charge on any atom is -0.467 e. The summed E-state index contributed by atoms with van der Waals surface area (Å²) in [5.74, 6) is 0.870. The SMILES string of the molecule is CNC(c1ccc2c(c1)C(=O)NCCC2)c1ccco1. The molecule has 1 amide bonds. The van der Waals surface area contributed by atoms with Crippen molar-refractivity contribution < 1.29 is 9.21 Å². The fraction of sp³-hybridized carbons (Fsp3) is 0.312. The van der Waals surface area contributed by atoms with Crippen molar-refractivity contribution in [2.24, 2.45) is 0 Å². The van der Waals surface area contributed by atoms with Gasteiger partial charge in [-0.1, -0.05) is 12.1 Å². The number of carbonyl (C=O) groups is 1. The van der Waals surface area contributed by atoms with E-state index >= 15 is 0 Å². The summed E-state index contributed by atoms with van der Waals surface area (Å²) in [6.45, 7) is 0.747. The van der Waals surface area contributed by atoms with Crippen LogP contribution in [0.4, 0.5) is 0 Å². The average Bonchev–Trinajstić information content (AvgIpc) is 2.92. The van der Waals surface area contributed by atoms with E-state index in [-0.39, 0.29) is 11.9 Å². The fourth-order valence-electron chi connectivity index (χ4n) is 2.71. The van der Waals surface area contributed by atoms with E-state index in [9.17, 15) is 4.79 Å². The Morgan fingerprint density at radius 3 is 3.00 bits per heavy atom. The number of hydrogen-bond donors (Lipinski definition) is 2. The van der Waals surface area contributed by atoms with E-state index in [1.165, 1.54) is 0 Å². The van der Waals surface area contributed by atoms with Crippen LogP contribution in [0.3, 0.4) is 0 Å².